The van der Waals surface area contributed by atoms with Crippen molar-refractivity contribution in [1.29, 1.82) is 0 Å². The molecule has 0 bridgehead atoms. The van der Waals surface area contributed by atoms with E-state index in [1.807, 2.05) is 17.8 Å². The van der Waals surface area contributed by atoms with Gasteiger partial charge in [-0.2, -0.15) is 0 Å². The van der Waals surface area contributed by atoms with Gasteiger partial charge in [-0.1, -0.05) is 6.07 Å². The standard InChI is InChI=1S/C13H16FN3O/c1-17-6-5-16-13(17)8-11(15)9-3-4-10(14)12(7-9)18-2/h3-7,11H,8,15H2,1-2H3. The van der Waals surface area contributed by atoms with Crippen molar-refractivity contribution >= 4 is 0 Å². The summed E-state index contributed by atoms with van der Waals surface area (Å²) in [6, 6.07) is 4.43. The first-order chi connectivity index (χ1) is 8.61. The fourth-order valence-electron chi connectivity index (χ4n) is 1.81. The third kappa shape index (κ3) is 2.51. The highest BCUT2D eigenvalue weighted by atomic mass is 19.1. The van der Waals surface area contributed by atoms with Gasteiger partial charge in [0, 0.05) is 31.9 Å². The van der Waals surface area contributed by atoms with Gasteiger partial charge in [0.05, 0.1) is 7.11 Å². The lowest BCUT2D eigenvalue weighted by Gasteiger charge is -2.13. The first-order valence-corrected chi connectivity index (χ1v) is 5.67. The van der Waals surface area contributed by atoms with Crippen molar-refractivity contribution in [3.8, 4) is 5.75 Å². The number of ether oxygens (including phenoxy) is 1. The number of rotatable bonds is 4. The molecule has 1 aromatic carbocycles. The van der Waals surface area contributed by atoms with Crippen LogP contribution in [0.4, 0.5) is 4.39 Å². The summed E-state index contributed by atoms with van der Waals surface area (Å²) < 4.78 is 20.2. The monoisotopic (exact) mass is 249 g/mol. The van der Waals surface area contributed by atoms with Crippen LogP contribution < -0.4 is 10.5 Å². The van der Waals surface area contributed by atoms with Gasteiger partial charge >= 0.3 is 0 Å². The topological polar surface area (TPSA) is 53.1 Å². The Hall–Kier alpha value is -1.88. The molecule has 1 unspecified atom stereocenters. The van der Waals surface area contributed by atoms with Crippen LogP contribution in [0.25, 0.3) is 0 Å². The van der Waals surface area contributed by atoms with Crippen LogP contribution >= 0.6 is 0 Å². The number of nitrogens with two attached hydrogens (primary N) is 1. The van der Waals surface area contributed by atoms with Gasteiger partial charge in [-0.15, -0.1) is 0 Å². The van der Waals surface area contributed by atoms with Crippen molar-refractivity contribution in [3.05, 3.63) is 47.8 Å². The molecule has 0 spiro atoms. The predicted octanol–water partition coefficient (Wildman–Crippen LogP) is 1.81. The van der Waals surface area contributed by atoms with E-state index in [9.17, 15) is 4.39 Å². The number of aromatic nitrogens is 2. The van der Waals surface area contributed by atoms with Crippen LogP contribution in [0.15, 0.2) is 30.6 Å². The average molecular weight is 249 g/mol. The Morgan fingerprint density at radius 1 is 1.50 bits per heavy atom. The number of nitrogens with zero attached hydrogens (tertiary/aromatic N) is 2. The lowest BCUT2D eigenvalue weighted by Crippen LogP contribution is -2.16. The Morgan fingerprint density at radius 2 is 2.28 bits per heavy atom. The molecular formula is C13H16FN3O. The zero-order chi connectivity index (χ0) is 13.1. The number of hydrogen-bond acceptors (Lipinski definition) is 3. The van der Waals surface area contributed by atoms with Crippen LogP contribution in [0.2, 0.25) is 0 Å². The Kier molecular flexibility index (Phi) is 3.62. The van der Waals surface area contributed by atoms with Crippen LogP contribution in [-0.2, 0) is 13.5 Å². The minimum absolute atomic E-state index is 0.211. The average Bonchev–Trinajstić information content (AvgIpc) is 2.75. The Bertz CT molecular complexity index is 539. The predicted molar refractivity (Wildman–Crippen MR) is 66.8 cm³/mol. The molecule has 4 nitrogen and oxygen atoms in total. The summed E-state index contributed by atoms with van der Waals surface area (Å²) in [5, 5.41) is 0. The van der Waals surface area contributed by atoms with Gasteiger partial charge < -0.3 is 15.0 Å². The van der Waals surface area contributed by atoms with Crippen LogP contribution in [0.3, 0.4) is 0 Å². The van der Waals surface area contributed by atoms with E-state index in [1.165, 1.54) is 13.2 Å². The number of benzene rings is 1. The molecule has 2 aromatic rings. The summed E-state index contributed by atoms with van der Waals surface area (Å²) in [5.41, 5.74) is 6.93. The number of halogens is 1. The van der Waals surface area contributed by atoms with Crippen LogP contribution in [0.1, 0.15) is 17.4 Å². The van der Waals surface area contributed by atoms with Gasteiger partial charge in [-0.3, -0.25) is 0 Å². The third-order valence-electron chi connectivity index (χ3n) is 2.93. The minimum atomic E-state index is -0.384. The maximum Gasteiger partial charge on any atom is 0.165 e. The summed E-state index contributed by atoms with van der Waals surface area (Å²) >= 11 is 0. The van der Waals surface area contributed by atoms with E-state index in [0.717, 1.165) is 11.4 Å². The number of aryl methyl sites for hydroxylation is 1. The molecule has 5 heteroatoms. The van der Waals surface area contributed by atoms with E-state index in [-0.39, 0.29) is 17.6 Å². The SMILES string of the molecule is COc1cc(C(N)Cc2nccn2C)ccc1F. The summed E-state index contributed by atoms with van der Waals surface area (Å²) in [6.45, 7) is 0. The Morgan fingerprint density at radius 3 is 2.89 bits per heavy atom. The van der Waals surface area contributed by atoms with Gasteiger partial charge in [0.25, 0.3) is 0 Å². The maximum atomic E-state index is 13.3. The minimum Gasteiger partial charge on any atom is -0.494 e. The quantitative estimate of drug-likeness (QED) is 0.899. The Balaban J connectivity index is 2.18. The zero-order valence-corrected chi connectivity index (χ0v) is 10.4. The van der Waals surface area contributed by atoms with E-state index in [2.05, 4.69) is 4.98 Å². The molecule has 0 fully saturated rings. The summed E-state index contributed by atoms with van der Waals surface area (Å²) in [7, 11) is 3.35. The highest BCUT2D eigenvalue weighted by Gasteiger charge is 2.12. The van der Waals surface area contributed by atoms with Gasteiger partial charge in [0.2, 0.25) is 0 Å². The molecule has 2 N–H and O–H groups in total. The molecule has 1 heterocycles. The smallest absolute Gasteiger partial charge is 0.165 e. The molecule has 0 amide bonds. The van der Waals surface area contributed by atoms with E-state index in [1.54, 1.807) is 18.3 Å². The van der Waals surface area contributed by atoms with Crippen molar-refractivity contribution in [3.63, 3.8) is 0 Å². The maximum absolute atomic E-state index is 13.3. The molecule has 96 valence electrons. The van der Waals surface area contributed by atoms with E-state index in [4.69, 9.17) is 10.5 Å². The van der Waals surface area contributed by atoms with Gasteiger partial charge in [0.15, 0.2) is 11.6 Å². The van der Waals surface area contributed by atoms with E-state index >= 15 is 0 Å². The number of methoxy groups -OCH3 is 1. The van der Waals surface area contributed by atoms with Crippen LogP contribution in [-0.4, -0.2) is 16.7 Å². The van der Waals surface area contributed by atoms with Gasteiger partial charge in [-0.05, 0) is 17.7 Å². The van der Waals surface area contributed by atoms with Crippen LogP contribution in [0, 0.1) is 5.82 Å². The lowest BCUT2D eigenvalue weighted by atomic mass is 10.0. The van der Waals surface area contributed by atoms with Crippen molar-refractivity contribution in [2.24, 2.45) is 12.8 Å². The summed E-state index contributed by atoms with van der Waals surface area (Å²) in [4.78, 5) is 4.22. The molecule has 18 heavy (non-hydrogen) atoms. The molecule has 0 aliphatic rings. The van der Waals surface area contributed by atoms with Crippen LogP contribution in [0.5, 0.6) is 5.75 Å². The third-order valence-corrected chi connectivity index (χ3v) is 2.93. The normalized spacial score (nSPS) is 12.4. The van der Waals surface area contributed by atoms with Gasteiger partial charge in [0.1, 0.15) is 5.82 Å². The summed E-state index contributed by atoms with van der Waals surface area (Å²) in [6.07, 6.45) is 4.19. The van der Waals surface area contributed by atoms with E-state index < -0.39 is 0 Å². The van der Waals surface area contributed by atoms with Gasteiger partial charge in [-0.25, -0.2) is 9.37 Å². The highest BCUT2D eigenvalue weighted by Crippen LogP contribution is 2.23. The molecule has 1 atom stereocenters. The Labute approximate surface area is 105 Å². The molecule has 0 saturated carbocycles. The lowest BCUT2D eigenvalue weighted by molar-refractivity contribution is 0.385. The second-order valence-corrected chi connectivity index (χ2v) is 4.16. The molecule has 0 radical (unpaired) electrons. The molecule has 1 aromatic heterocycles. The molecule has 0 aliphatic carbocycles. The van der Waals surface area contributed by atoms with E-state index in [0.29, 0.717) is 6.42 Å². The molecule has 0 aliphatic heterocycles. The number of imidazole rings is 1. The van der Waals surface area contributed by atoms with Crippen molar-refractivity contribution in [2.45, 2.75) is 12.5 Å². The molecule has 2 rings (SSSR count). The summed E-state index contributed by atoms with van der Waals surface area (Å²) in [5.74, 6) is 0.721. The zero-order valence-electron chi connectivity index (χ0n) is 10.4. The second kappa shape index (κ2) is 5.18. The second-order valence-electron chi connectivity index (χ2n) is 4.16. The first-order valence-electron chi connectivity index (χ1n) is 5.67. The van der Waals surface area contributed by atoms with Crippen molar-refractivity contribution in [2.75, 3.05) is 7.11 Å². The fraction of sp³-hybridized carbons (Fsp3) is 0.308. The molecule has 0 saturated heterocycles. The fourth-order valence-corrected chi connectivity index (χ4v) is 1.81. The van der Waals surface area contributed by atoms with Crippen molar-refractivity contribution in [1.82, 2.24) is 9.55 Å². The first kappa shape index (κ1) is 12.6. The number of hydrogen-bond donors (Lipinski definition) is 1. The highest BCUT2D eigenvalue weighted by molar-refractivity contribution is 5.32. The largest absolute Gasteiger partial charge is 0.494 e. The molecular weight excluding hydrogens is 233 g/mol. The van der Waals surface area contributed by atoms with Crippen molar-refractivity contribution < 1.29 is 9.13 Å².